The first-order valence-corrected chi connectivity index (χ1v) is 7.98. The van der Waals surface area contributed by atoms with E-state index in [2.05, 4.69) is 39.7 Å². The minimum Gasteiger partial charge on any atom is -0.373 e. The quantitative estimate of drug-likeness (QED) is 0.852. The molecule has 0 atom stereocenters. The molecule has 2 aromatic rings. The van der Waals surface area contributed by atoms with E-state index in [1.54, 1.807) is 0 Å². The lowest BCUT2D eigenvalue weighted by molar-refractivity contribution is 0.924. The van der Waals surface area contributed by atoms with Crippen LogP contribution in [0.4, 0.5) is 11.6 Å². The van der Waals surface area contributed by atoms with E-state index in [1.165, 1.54) is 22.6 Å². The van der Waals surface area contributed by atoms with Crippen LogP contribution in [0.3, 0.4) is 0 Å². The maximum atomic E-state index is 4.63. The van der Waals surface area contributed by atoms with Gasteiger partial charge in [0.15, 0.2) is 0 Å². The fourth-order valence-electron chi connectivity index (χ4n) is 2.09. The topological polar surface area (TPSA) is 49.8 Å². The molecule has 1 saturated carbocycles. The van der Waals surface area contributed by atoms with Gasteiger partial charge in [-0.25, -0.2) is 9.97 Å². The summed E-state index contributed by atoms with van der Waals surface area (Å²) in [4.78, 5) is 11.9. The van der Waals surface area contributed by atoms with Gasteiger partial charge in [-0.1, -0.05) is 6.92 Å². The van der Waals surface area contributed by atoms with Gasteiger partial charge in [-0.3, -0.25) is 0 Å². The molecule has 4 nitrogen and oxygen atoms in total. The number of hydrogen-bond donors (Lipinski definition) is 2. The lowest BCUT2D eigenvalue weighted by atomic mass is 10.3. The fourth-order valence-corrected chi connectivity index (χ4v) is 2.99. The molecule has 1 fully saturated rings. The van der Waals surface area contributed by atoms with Crippen LogP contribution in [0.1, 0.15) is 41.3 Å². The Kier molecular flexibility index (Phi) is 3.87. The molecule has 0 spiro atoms. The van der Waals surface area contributed by atoms with Crippen LogP contribution in [-0.4, -0.2) is 17.0 Å². The second kappa shape index (κ2) is 5.79. The largest absolute Gasteiger partial charge is 0.373 e. The molecule has 0 radical (unpaired) electrons. The summed E-state index contributed by atoms with van der Waals surface area (Å²) in [7, 11) is 1.90. The molecule has 3 rings (SSSR count). The summed E-state index contributed by atoms with van der Waals surface area (Å²) in [5.74, 6) is 3.35. The zero-order valence-corrected chi connectivity index (χ0v) is 12.8. The molecule has 2 heterocycles. The number of nitrogens with zero attached hydrogens (tertiary/aromatic N) is 2. The van der Waals surface area contributed by atoms with Crippen LogP contribution in [0.2, 0.25) is 0 Å². The standard InChI is InChI=1S/C15H20N4S/c1-3-11-6-7-12(20-11)9-17-14-8-13(16-2)18-15(19-14)10-4-5-10/h6-8,10H,3-5,9H2,1-2H3,(H2,16,17,18,19). The predicted octanol–water partition coefficient (Wildman–Crippen LogP) is 3.63. The third-order valence-corrected chi connectivity index (χ3v) is 4.68. The van der Waals surface area contributed by atoms with E-state index < -0.39 is 0 Å². The molecule has 2 aromatic heterocycles. The normalized spacial score (nSPS) is 14.3. The van der Waals surface area contributed by atoms with Crippen LogP contribution in [0.15, 0.2) is 18.2 Å². The molecule has 0 aliphatic heterocycles. The number of aryl methyl sites for hydroxylation is 1. The third-order valence-electron chi connectivity index (χ3n) is 3.45. The van der Waals surface area contributed by atoms with Crippen molar-refractivity contribution in [3.8, 4) is 0 Å². The molecule has 2 N–H and O–H groups in total. The van der Waals surface area contributed by atoms with E-state index in [4.69, 9.17) is 0 Å². The van der Waals surface area contributed by atoms with Crippen LogP contribution < -0.4 is 10.6 Å². The van der Waals surface area contributed by atoms with E-state index >= 15 is 0 Å². The molecule has 0 saturated heterocycles. The van der Waals surface area contributed by atoms with Crippen molar-refractivity contribution in [3.63, 3.8) is 0 Å². The highest BCUT2D eigenvalue weighted by molar-refractivity contribution is 7.12. The summed E-state index contributed by atoms with van der Waals surface area (Å²) >= 11 is 1.86. The number of anilines is 2. The van der Waals surface area contributed by atoms with Crippen LogP contribution in [0.25, 0.3) is 0 Å². The van der Waals surface area contributed by atoms with Crippen molar-refractivity contribution in [3.05, 3.63) is 33.8 Å². The molecule has 20 heavy (non-hydrogen) atoms. The SMILES string of the molecule is CCc1ccc(CNc2cc(NC)nc(C3CC3)n2)s1. The summed E-state index contributed by atoms with van der Waals surface area (Å²) in [6.07, 6.45) is 3.54. The number of nitrogens with one attached hydrogen (secondary N) is 2. The highest BCUT2D eigenvalue weighted by Gasteiger charge is 2.27. The van der Waals surface area contributed by atoms with Gasteiger partial charge >= 0.3 is 0 Å². The Balaban J connectivity index is 1.71. The van der Waals surface area contributed by atoms with Gasteiger partial charge in [-0.05, 0) is 31.4 Å². The van der Waals surface area contributed by atoms with Gasteiger partial charge in [0.2, 0.25) is 0 Å². The van der Waals surface area contributed by atoms with Gasteiger partial charge in [-0.2, -0.15) is 0 Å². The fraction of sp³-hybridized carbons (Fsp3) is 0.467. The van der Waals surface area contributed by atoms with Crippen molar-refractivity contribution in [1.82, 2.24) is 9.97 Å². The highest BCUT2D eigenvalue weighted by atomic mass is 32.1. The van der Waals surface area contributed by atoms with Crippen molar-refractivity contribution in [2.75, 3.05) is 17.7 Å². The van der Waals surface area contributed by atoms with Gasteiger partial charge < -0.3 is 10.6 Å². The second-order valence-electron chi connectivity index (χ2n) is 5.10. The van der Waals surface area contributed by atoms with E-state index in [9.17, 15) is 0 Å². The van der Waals surface area contributed by atoms with Gasteiger partial charge in [0.05, 0.1) is 6.54 Å². The van der Waals surface area contributed by atoms with E-state index in [0.29, 0.717) is 5.92 Å². The summed E-state index contributed by atoms with van der Waals surface area (Å²) in [6, 6.07) is 6.37. The third kappa shape index (κ3) is 3.10. The smallest absolute Gasteiger partial charge is 0.136 e. The van der Waals surface area contributed by atoms with Gasteiger partial charge in [0.1, 0.15) is 17.5 Å². The summed E-state index contributed by atoms with van der Waals surface area (Å²) in [6.45, 7) is 3.02. The second-order valence-corrected chi connectivity index (χ2v) is 6.35. The molecular formula is C15H20N4S. The maximum absolute atomic E-state index is 4.63. The minimum absolute atomic E-state index is 0.567. The van der Waals surface area contributed by atoms with E-state index in [-0.39, 0.29) is 0 Å². The van der Waals surface area contributed by atoms with Gasteiger partial charge in [0.25, 0.3) is 0 Å². The average Bonchev–Trinajstić information content (AvgIpc) is 3.24. The highest BCUT2D eigenvalue weighted by Crippen LogP contribution is 2.38. The Morgan fingerprint density at radius 2 is 1.95 bits per heavy atom. The van der Waals surface area contributed by atoms with Crippen LogP contribution in [0, 0.1) is 0 Å². The Hall–Kier alpha value is -1.62. The molecule has 5 heteroatoms. The lowest BCUT2D eigenvalue weighted by Gasteiger charge is -2.08. The molecule has 1 aliphatic carbocycles. The van der Waals surface area contributed by atoms with Crippen LogP contribution >= 0.6 is 11.3 Å². The first kappa shape index (κ1) is 13.4. The zero-order valence-electron chi connectivity index (χ0n) is 11.9. The summed E-state index contributed by atoms with van der Waals surface area (Å²) in [5, 5.41) is 6.53. The molecular weight excluding hydrogens is 268 g/mol. The minimum atomic E-state index is 0.567. The van der Waals surface area contributed by atoms with Gasteiger partial charge in [0, 0.05) is 28.8 Å². The molecule has 0 bridgehead atoms. The van der Waals surface area contributed by atoms with E-state index in [1.807, 2.05) is 24.5 Å². The van der Waals surface area contributed by atoms with E-state index in [0.717, 1.165) is 30.4 Å². The van der Waals surface area contributed by atoms with Crippen molar-refractivity contribution in [2.24, 2.45) is 0 Å². The molecule has 106 valence electrons. The molecule has 1 aliphatic rings. The predicted molar refractivity (Wildman–Crippen MR) is 84.6 cm³/mol. The van der Waals surface area contributed by atoms with Crippen molar-refractivity contribution >= 4 is 23.0 Å². The lowest BCUT2D eigenvalue weighted by Crippen LogP contribution is -2.05. The zero-order chi connectivity index (χ0) is 13.9. The molecule has 0 aromatic carbocycles. The van der Waals surface area contributed by atoms with Gasteiger partial charge in [-0.15, -0.1) is 11.3 Å². The number of thiophene rings is 1. The Bertz CT molecular complexity index is 589. The van der Waals surface area contributed by atoms with Crippen LogP contribution in [0.5, 0.6) is 0 Å². The monoisotopic (exact) mass is 288 g/mol. The Morgan fingerprint density at radius 3 is 2.60 bits per heavy atom. The Labute approximate surface area is 123 Å². The first-order valence-electron chi connectivity index (χ1n) is 7.16. The average molecular weight is 288 g/mol. The molecule has 0 amide bonds. The van der Waals surface area contributed by atoms with Crippen LogP contribution in [-0.2, 0) is 13.0 Å². The number of hydrogen-bond acceptors (Lipinski definition) is 5. The van der Waals surface area contributed by atoms with Crippen molar-refractivity contribution in [1.29, 1.82) is 0 Å². The Morgan fingerprint density at radius 1 is 1.20 bits per heavy atom. The van der Waals surface area contributed by atoms with Crippen molar-refractivity contribution in [2.45, 2.75) is 38.6 Å². The summed E-state index contributed by atoms with van der Waals surface area (Å²) < 4.78 is 0. The van der Waals surface area contributed by atoms with Crippen molar-refractivity contribution < 1.29 is 0 Å². The number of rotatable bonds is 6. The molecule has 0 unspecified atom stereocenters. The summed E-state index contributed by atoms with van der Waals surface area (Å²) in [5.41, 5.74) is 0. The number of aromatic nitrogens is 2. The first-order chi connectivity index (χ1) is 9.78. The maximum Gasteiger partial charge on any atom is 0.136 e.